The number of nitrogens with zero attached hydrogens (tertiary/aromatic N) is 1. The summed E-state index contributed by atoms with van der Waals surface area (Å²) in [5.41, 5.74) is 1.87. The van der Waals surface area contributed by atoms with E-state index >= 15 is 0 Å². The van der Waals surface area contributed by atoms with Crippen molar-refractivity contribution in [3.8, 4) is 0 Å². The van der Waals surface area contributed by atoms with E-state index in [1.54, 1.807) is 13.0 Å². The quantitative estimate of drug-likeness (QED) is 0.790. The Bertz CT molecular complexity index is 722. The predicted molar refractivity (Wildman–Crippen MR) is 88.4 cm³/mol. The average Bonchev–Trinajstić information content (AvgIpc) is 2.97. The number of amides is 1. The van der Waals surface area contributed by atoms with Crippen molar-refractivity contribution in [2.45, 2.75) is 25.3 Å². The van der Waals surface area contributed by atoms with E-state index in [0.29, 0.717) is 23.4 Å². The Labute approximate surface area is 144 Å². The van der Waals surface area contributed by atoms with E-state index in [0.717, 1.165) is 19.0 Å². The van der Waals surface area contributed by atoms with Crippen molar-refractivity contribution in [2.24, 2.45) is 0 Å². The molecule has 3 N–H and O–H groups in total. The molecule has 1 aromatic carbocycles. The summed E-state index contributed by atoms with van der Waals surface area (Å²) in [5.74, 6) is -2.02. The Morgan fingerprint density at radius 2 is 2.12 bits per heavy atom. The van der Waals surface area contributed by atoms with Crippen LogP contribution in [0.5, 0.6) is 0 Å². The van der Waals surface area contributed by atoms with Gasteiger partial charge in [0, 0.05) is 24.2 Å². The number of hydrogen-bond donors (Lipinski definition) is 3. The Morgan fingerprint density at radius 3 is 2.79 bits per heavy atom. The highest BCUT2D eigenvalue weighted by Gasteiger charge is 2.29. The number of rotatable bonds is 3. The van der Waals surface area contributed by atoms with E-state index in [1.165, 1.54) is 12.3 Å². The van der Waals surface area contributed by atoms with Crippen LogP contribution in [0.25, 0.3) is 0 Å². The number of nitrogens with one attached hydrogen (secondary N) is 3. The largest absolute Gasteiger partial charge is 0.347 e. The average molecular weight is 357 g/mol. The summed E-state index contributed by atoms with van der Waals surface area (Å²) in [7, 11) is 0. The highest BCUT2D eigenvalue weighted by atomic mass is 35.5. The molecule has 130 valence electrons. The van der Waals surface area contributed by atoms with Gasteiger partial charge in [0.2, 0.25) is 0 Å². The first-order valence-electron chi connectivity index (χ1n) is 7.52. The van der Waals surface area contributed by atoms with Crippen molar-refractivity contribution in [3.63, 3.8) is 0 Å². The molecule has 2 unspecified atom stereocenters. The fourth-order valence-corrected chi connectivity index (χ4v) is 2.98. The molecule has 2 aromatic rings. The number of carbonyl (C=O) groups excluding carboxylic acids is 1. The second-order valence-corrected chi connectivity index (χ2v) is 5.76. The van der Waals surface area contributed by atoms with Gasteiger partial charge in [-0.2, -0.15) is 5.10 Å². The minimum absolute atomic E-state index is 0. The van der Waals surface area contributed by atoms with Crippen molar-refractivity contribution >= 4 is 18.3 Å². The SMILES string of the molecule is Cc1[nH]ncc1C(=O)NC1CNCCC1c1ccc(F)c(F)c1.Cl. The second-order valence-electron chi connectivity index (χ2n) is 5.76. The molecular formula is C16H19ClF2N4O. The van der Waals surface area contributed by atoms with Gasteiger partial charge in [-0.25, -0.2) is 8.78 Å². The first kappa shape index (κ1) is 18.4. The molecular weight excluding hydrogens is 338 g/mol. The molecule has 0 bridgehead atoms. The van der Waals surface area contributed by atoms with Gasteiger partial charge in [0.05, 0.1) is 11.8 Å². The topological polar surface area (TPSA) is 69.8 Å². The lowest BCUT2D eigenvalue weighted by Gasteiger charge is -2.33. The number of piperidine rings is 1. The molecule has 1 saturated heterocycles. The molecule has 0 spiro atoms. The third-order valence-electron chi connectivity index (χ3n) is 4.24. The number of H-pyrrole nitrogens is 1. The lowest BCUT2D eigenvalue weighted by molar-refractivity contribution is 0.0924. The maximum atomic E-state index is 13.5. The van der Waals surface area contributed by atoms with Gasteiger partial charge in [-0.1, -0.05) is 6.07 Å². The zero-order valence-corrected chi connectivity index (χ0v) is 13.9. The van der Waals surface area contributed by atoms with E-state index in [4.69, 9.17) is 0 Å². The predicted octanol–water partition coefficient (Wildman–Crippen LogP) is 2.29. The third kappa shape index (κ3) is 3.73. The van der Waals surface area contributed by atoms with E-state index in [9.17, 15) is 13.6 Å². The van der Waals surface area contributed by atoms with Crippen LogP contribution in [0, 0.1) is 18.6 Å². The Morgan fingerprint density at radius 1 is 1.33 bits per heavy atom. The molecule has 2 atom stereocenters. The van der Waals surface area contributed by atoms with Crippen molar-refractivity contribution in [1.29, 1.82) is 0 Å². The van der Waals surface area contributed by atoms with Gasteiger partial charge in [0.15, 0.2) is 11.6 Å². The van der Waals surface area contributed by atoms with Crippen molar-refractivity contribution in [1.82, 2.24) is 20.8 Å². The standard InChI is InChI=1S/C16H18F2N4O.ClH/c1-9-12(7-20-22-9)16(23)21-15-8-19-5-4-11(15)10-2-3-13(17)14(18)6-10;/h2-3,6-7,11,15,19H,4-5,8H2,1H3,(H,20,22)(H,21,23);1H. The van der Waals surface area contributed by atoms with Gasteiger partial charge in [0.25, 0.3) is 5.91 Å². The van der Waals surface area contributed by atoms with Crippen LogP contribution in [-0.2, 0) is 0 Å². The van der Waals surface area contributed by atoms with Crippen LogP contribution >= 0.6 is 12.4 Å². The van der Waals surface area contributed by atoms with Crippen LogP contribution < -0.4 is 10.6 Å². The Hall–Kier alpha value is -1.99. The molecule has 1 aromatic heterocycles. The highest BCUT2D eigenvalue weighted by Crippen LogP contribution is 2.27. The van der Waals surface area contributed by atoms with Gasteiger partial charge in [-0.05, 0) is 37.6 Å². The van der Waals surface area contributed by atoms with Gasteiger partial charge in [-0.3, -0.25) is 9.89 Å². The number of aromatic nitrogens is 2. The smallest absolute Gasteiger partial charge is 0.255 e. The molecule has 1 amide bonds. The van der Waals surface area contributed by atoms with Crippen molar-refractivity contribution in [2.75, 3.05) is 13.1 Å². The van der Waals surface area contributed by atoms with Gasteiger partial charge in [0.1, 0.15) is 0 Å². The number of carbonyl (C=O) groups is 1. The maximum absolute atomic E-state index is 13.5. The third-order valence-corrected chi connectivity index (χ3v) is 4.24. The normalized spacial score (nSPS) is 20.3. The van der Waals surface area contributed by atoms with Crippen molar-refractivity contribution in [3.05, 3.63) is 52.9 Å². The van der Waals surface area contributed by atoms with Crippen LogP contribution in [-0.4, -0.2) is 35.2 Å². The van der Waals surface area contributed by atoms with Gasteiger partial charge in [-0.15, -0.1) is 12.4 Å². The van der Waals surface area contributed by atoms with E-state index in [-0.39, 0.29) is 30.3 Å². The van der Waals surface area contributed by atoms with Crippen molar-refractivity contribution < 1.29 is 13.6 Å². The first-order valence-corrected chi connectivity index (χ1v) is 7.52. The molecule has 24 heavy (non-hydrogen) atoms. The number of aromatic amines is 1. The number of aryl methyl sites for hydroxylation is 1. The minimum atomic E-state index is -0.864. The Balaban J connectivity index is 0.00000208. The summed E-state index contributed by atoms with van der Waals surface area (Å²) in [6.07, 6.45) is 2.22. The van der Waals surface area contributed by atoms with E-state index in [2.05, 4.69) is 20.8 Å². The maximum Gasteiger partial charge on any atom is 0.255 e. The molecule has 0 saturated carbocycles. The summed E-state index contributed by atoms with van der Waals surface area (Å²) in [6.45, 7) is 3.11. The lowest BCUT2D eigenvalue weighted by Crippen LogP contribution is -2.50. The lowest BCUT2D eigenvalue weighted by atomic mass is 9.86. The number of halogens is 3. The summed E-state index contributed by atoms with van der Waals surface area (Å²) in [5, 5.41) is 12.8. The monoisotopic (exact) mass is 356 g/mol. The molecule has 0 aliphatic carbocycles. The van der Waals surface area contributed by atoms with Crippen LogP contribution in [0.3, 0.4) is 0 Å². The molecule has 2 heterocycles. The molecule has 5 nitrogen and oxygen atoms in total. The summed E-state index contributed by atoms with van der Waals surface area (Å²) in [6, 6.07) is 3.73. The first-order chi connectivity index (χ1) is 11.1. The molecule has 1 aliphatic rings. The molecule has 1 fully saturated rings. The fourth-order valence-electron chi connectivity index (χ4n) is 2.98. The fraction of sp³-hybridized carbons (Fsp3) is 0.375. The number of benzene rings is 1. The molecule has 0 radical (unpaired) electrons. The van der Waals surface area contributed by atoms with Crippen LogP contribution in [0.15, 0.2) is 24.4 Å². The van der Waals surface area contributed by atoms with Gasteiger partial charge >= 0.3 is 0 Å². The zero-order chi connectivity index (χ0) is 16.4. The molecule has 1 aliphatic heterocycles. The van der Waals surface area contributed by atoms with Crippen LogP contribution in [0.2, 0.25) is 0 Å². The summed E-state index contributed by atoms with van der Waals surface area (Å²) < 4.78 is 26.6. The second kappa shape index (κ2) is 7.72. The molecule has 3 rings (SSSR count). The molecule has 8 heteroatoms. The zero-order valence-electron chi connectivity index (χ0n) is 13.1. The summed E-state index contributed by atoms with van der Waals surface area (Å²) in [4.78, 5) is 12.4. The Kier molecular flexibility index (Phi) is 5.90. The number of hydrogen-bond acceptors (Lipinski definition) is 3. The van der Waals surface area contributed by atoms with E-state index < -0.39 is 11.6 Å². The van der Waals surface area contributed by atoms with E-state index in [1.807, 2.05) is 0 Å². The van der Waals surface area contributed by atoms with Crippen LogP contribution in [0.4, 0.5) is 8.78 Å². The van der Waals surface area contributed by atoms with Crippen LogP contribution in [0.1, 0.15) is 34.0 Å². The highest BCUT2D eigenvalue weighted by molar-refractivity contribution is 5.95. The minimum Gasteiger partial charge on any atom is -0.347 e. The summed E-state index contributed by atoms with van der Waals surface area (Å²) >= 11 is 0. The van der Waals surface area contributed by atoms with Gasteiger partial charge < -0.3 is 10.6 Å².